The highest BCUT2D eigenvalue weighted by atomic mass is 32.2. The van der Waals surface area contributed by atoms with Crippen molar-refractivity contribution in [1.29, 1.82) is 0 Å². The molecule has 2 unspecified atom stereocenters. The molecular weight excluding hydrogens is 548 g/mol. The number of aromatic nitrogens is 6. The fourth-order valence-electron chi connectivity index (χ4n) is 5.07. The number of likely N-dealkylation sites (N-methyl/N-ethyl adjacent to an activating group) is 1. The lowest BCUT2D eigenvalue weighted by molar-refractivity contribution is 0.0348. The highest BCUT2D eigenvalue weighted by molar-refractivity contribution is 7.89. The maximum absolute atomic E-state index is 11.9. The molecule has 0 saturated carbocycles. The van der Waals surface area contributed by atoms with Crippen molar-refractivity contribution in [3.8, 4) is 17.1 Å². The van der Waals surface area contributed by atoms with Crippen LogP contribution in [0.5, 0.6) is 5.88 Å². The summed E-state index contributed by atoms with van der Waals surface area (Å²) in [5, 5.41) is 22.3. The molecular formula is C26H36N10O4S. The van der Waals surface area contributed by atoms with Crippen molar-refractivity contribution in [1.82, 2.24) is 38.9 Å². The molecule has 2 atom stereocenters. The van der Waals surface area contributed by atoms with Crippen LogP contribution in [0.4, 0.5) is 17.5 Å². The molecule has 0 bridgehead atoms. The molecule has 1 aliphatic rings. The average molecular weight is 585 g/mol. The van der Waals surface area contributed by atoms with Gasteiger partial charge in [-0.3, -0.25) is 4.90 Å². The van der Waals surface area contributed by atoms with Crippen molar-refractivity contribution in [3.05, 3.63) is 36.4 Å². The average Bonchev–Trinajstić information content (AvgIpc) is 3.56. The van der Waals surface area contributed by atoms with E-state index in [4.69, 9.17) is 9.72 Å². The standard InChI is InChI=1S/C26H36N10O4S/c1-6-20(35-11-9-34(3)10-12-35)24(37)32-23-22-17(7-8-27-23)18(14-28-22)21-16(2)13-29-26(31-21)30-19-15-36(41(5,38)39)33-25(19)40-4/h7-8,13-15,20,24,28,37H,6,9-12H2,1-5H3,(H,27,32)(H,29,30,31). The molecule has 0 aliphatic carbocycles. The molecule has 5 rings (SSSR count). The number of rotatable bonds is 10. The molecule has 5 heterocycles. The van der Waals surface area contributed by atoms with Crippen LogP contribution in [0.2, 0.25) is 0 Å². The molecule has 1 aliphatic heterocycles. The van der Waals surface area contributed by atoms with Crippen molar-refractivity contribution in [2.75, 3.05) is 57.2 Å². The van der Waals surface area contributed by atoms with Crippen molar-refractivity contribution in [3.63, 3.8) is 0 Å². The Morgan fingerprint density at radius 1 is 1.22 bits per heavy atom. The molecule has 220 valence electrons. The Hall–Kier alpha value is -3.79. The monoisotopic (exact) mass is 584 g/mol. The third-order valence-electron chi connectivity index (χ3n) is 7.34. The Bertz CT molecular complexity index is 1630. The summed E-state index contributed by atoms with van der Waals surface area (Å²) in [6.45, 7) is 7.74. The fourth-order valence-corrected chi connectivity index (χ4v) is 5.59. The van der Waals surface area contributed by atoms with Gasteiger partial charge in [0, 0.05) is 55.7 Å². The smallest absolute Gasteiger partial charge is 0.257 e. The minimum Gasteiger partial charge on any atom is -0.478 e. The number of nitrogens with zero attached hydrogens (tertiary/aromatic N) is 7. The lowest BCUT2D eigenvalue weighted by Crippen LogP contribution is -2.54. The minimum absolute atomic E-state index is 0.0445. The molecule has 0 radical (unpaired) electrons. The lowest BCUT2D eigenvalue weighted by Gasteiger charge is -2.39. The van der Waals surface area contributed by atoms with Gasteiger partial charge in [0.2, 0.25) is 5.95 Å². The second kappa shape index (κ2) is 11.6. The topological polar surface area (TPSA) is 166 Å². The quantitative estimate of drug-likeness (QED) is 0.200. The van der Waals surface area contributed by atoms with Gasteiger partial charge in [-0.2, -0.15) is 4.09 Å². The van der Waals surface area contributed by atoms with Crippen LogP contribution in [-0.2, 0) is 10.0 Å². The third-order valence-corrected chi connectivity index (χ3v) is 8.21. The van der Waals surface area contributed by atoms with Gasteiger partial charge in [0.25, 0.3) is 15.9 Å². The number of aliphatic hydroxyl groups is 1. The van der Waals surface area contributed by atoms with Crippen molar-refractivity contribution in [2.24, 2.45) is 0 Å². The summed E-state index contributed by atoms with van der Waals surface area (Å²) in [4.78, 5) is 21.5. The fraction of sp³-hybridized carbons (Fsp3) is 0.462. The maximum Gasteiger partial charge on any atom is 0.257 e. The van der Waals surface area contributed by atoms with Crippen molar-refractivity contribution >= 4 is 38.4 Å². The van der Waals surface area contributed by atoms with Crippen LogP contribution < -0.4 is 15.4 Å². The van der Waals surface area contributed by atoms with Crippen molar-refractivity contribution < 1.29 is 18.3 Å². The largest absolute Gasteiger partial charge is 0.478 e. The summed E-state index contributed by atoms with van der Waals surface area (Å²) in [5.74, 6) is 0.888. The Balaban J connectivity index is 1.42. The zero-order valence-electron chi connectivity index (χ0n) is 23.8. The summed E-state index contributed by atoms with van der Waals surface area (Å²) in [6, 6.07) is 1.85. The van der Waals surface area contributed by atoms with Gasteiger partial charge in [-0.1, -0.05) is 6.92 Å². The molecule has 0 aromatic carbocycles. The molecule has 1 fully saturated rings. The number of nitrogens with one attached hydrogen (secondary N) is 3. The first-order chi connectivity index (χ1) is 19.6. The number of hydrogen-bond donors (Lipinski definition) is 4. The van der Waals surface area contributed by atoms with E-state index >= 15 is 0 Å². The number of fused-ring (bicyclic) bond motifs is 1. The van der Waals surface area contributed by atoms with E-state index in [0.29, 0.717) is 17.2 Å². The predicted octanol–water partition coefficient (Wildman–Crippen LogP) is 1.84. The second-order valence-electron chi connectivity index (χ2n) is 10.2. The number of ether oxygens (including phenoxy) is 1. The Morgan fingerprint density at radius 3 is 2.66 bits per heavy atom. The molecule has 15 heteroatoms. The van der Waals surface area contributed by atoms with E-state index in [9.17, 15) is 13.5 Å². The van der Waals surface area contributed by atoms with Gasteiger partial charge < -0.3 is 30.4 Å². The number of aryl methyl sites for hydroxylation is 1. The number of methoxy groups -OCH3 is 1. The first-order valence-corrected chi connectivity index (χ1v) is 15.2. The molecule has 14 nitrogen and oxygen atoms in total. The lowest BCUT2D eigenvalue weighted by atomic mass is 10.1. The van der Waals surface area contributed by atoms with Crippen LogP contribution in [0, 0.1) is 6.92 Å². The summed E-state index contributed by atoms with van der Waals surface area (Å²) in [7, 11) is -0.0898. The first kappa shape index (κ1) is 28.7. The predicted molar refractivity (Wildman–Crippen MR) is 157 cm³/mol. The van der Waals surface area contributed by atoms with Crippen LogP contribution in [0.25, 0.3) is 22.2 Å². The molecule has 0 amide bonds. The van der Waals surface area contributed by atoms with E-state index < -0.39 is 16.3 Å². The van der Waals surface area contributed by atoms with E-state index in [2.05, 4.69) is 54.5 Å². The zero-order chi connectivity index (χ0) is 29.3. The first-order valence-electron chi connectivity index (χ1n) is 13.4. The maximum atomic E-state index is 11.9. The number of piperazine rings is 1. The molecule has 4 aromatic heterocycles. The summed E-state index contributed by atoms with van der Waals surface area (Å²) >= 11 is 0. The van der Waals surface area contributed by atoms with Gasteiger partial charge in [-0.05, 0) is 32.0 Å². The summed E-state index contributed by atoms with van der Waals surface area (Å²) < 4.78 is 29.9. The molecule has 4 N–H and O–H groups in total. The number of aliphatic hydroxyl groups excluding tert-OH is 1. The highest BCUT2D eigenvalue weighted by Gasteiger charge is 2.28. The van der Waals surface area contributed by atoms with Gasteiger partial charge in [0.05, 0.1) is 36.8 Å². The number of H-pyrrole nitrogens is 1. The van der Waals surface area contributed by atoms with Gasteiger partial charge in [0.1, 0.15) is 11.9 Å². The Kier molecular flexibility index (Phi) is 8.13. The molecule has 1 saturated heterocycles. The number of anilines is 3. The minimum atomic E-state index is -3.60. The Morgan fingerprint density at radius 2 is 1.98 bits per heavy atom. The molecule has 41 heavy (non-hydrogen) atoms. The summed E-state index contributed by atoms with van der Waals surface area (Å²) in [5.41, 5.74) is 3.39. The number of hydrogen-bond acceptors (Lipinski definition) is 12. The SMILES string of the molecule is CCC(C(O)Nc1nccc2c(-c3nc(Nc4cn(S(C)(=O)=O)nc4OC)ncc3C)c[nH]c12)N1CCN(C)CC1. The molecule has 0 spiro atoms. The van der Waals surface area contributed by atoms with Gasteiger partial charge >= 0.3 is 0 Å². The van der Waals surface area contributed by atoms with E-state index in [1.165, 1.54) is 13.3 Å². The van der Waals surface area contributed by atoms with E-state index in [1.807, 2.05) is 19.2 Å². The Labute approximate surface area is 238 Å². The number of aromatic amines is 1. The van der Waals surface area contributed by atoms with Crippen LogP contribution in [-0.4, -0.2) is 111 Å². The van der Waals surface area contributed by atoms with Gasteiger partial charge in [-0.25, -0.2) is 23.4 Å². The van der Waals surface area contributed by atoms with Crippen molar-refractivity contribution in [2.45, 2.75) is 32.5 Å². The van der Waals surface area contributed by atoms with E-state index in [0.717, 1.165) is 65.0 Å². The number of pyridine rings is 1. The van der Waals surface area contributed by atoms with Gasteiger partial charge in [0.15, 0.2) is 5.82 Å². The zero-order valence-corrected chi connectivity index (χ0v) is 24.6. The van der Waals surface area contributed by atoms with Crippen LogP contribution in [0.3, 0.4) is 0 Å². The van der Waals surface area contributed by atoms with Gasteiger partial charge in [-0.15, -0.1) is 5.10 Å². The van der Waals surface area contributed by atoms with Crippen LogP contribution >= 0.6 is 0 Å². The van der Waals surface area contributed by atoms with Crippen LogP contribution in [0.15, 0.2) is 30.9 Å². The molecule has 4 aromatic rings. The third kappa shape index (κ3) is 5.98. The normalized spacial score (nSPS) is 16.5. The highest BCUT2D eigenvalue weighted by Crippen LogP contribution is 2.33. The van der Waals surface area contributed by atoms with Crippen LogP contribution in [0.1, 0.15) is 18.9 Å². The second-order valence-corrected chi connectivity index (χ2v) is 12.1. The van der Waals surface area contributed by atoms with E-state index in [-0.39, 0.29) is 17.9 Å². The van der Waals surface area contributed by atoms with E-state index in [1.54, 1.807) is 12.4 Å². The summed E-state index contributed by atoms with van der Waals surface area (Å²) in [6.07, 6.45) is 7.59.